The number of epoxide rings is 1. The van der Waals surface area contributed by atoms with E-state index in [-0.39, 0.29) is 49.2 Å². The van der Waals surface area contributed by atoms with Crippen molar-refractivity contribution < 1.29 is 33.3 Å². The third kappa shape index (κ3) is 5.42. The summed E-state index contributed by atoms with van der Waals surface area (Å²) in [5.41, 5.74) is -0.577. The molecule has 7 heteroatoms. The Morgan fingerprint density at radius 3 is 2.44 bits per heavy atom. The monoisotopic (exact) mass is 384 g/mol. The zero-order valence-electron chi connectivity index (χ0n) is 16.6. The fourth-order valence-corrected chi connectivity index (χ4v) is 4.04. The lowest BCUT2D eigenvalue weighted by Crippen LogP contribution is -2.40. The molecule has 3 rings (SSSR count). The summed E-state index contributed by atoms with van der Waals surface area (Å²) in [6, 6.07) is 0. The van der Waals surface area contributed by atoms with Crippen LogP contribution in [0.2, 0.25) is 0 Å². The normalized spacial score (nSPS) is 34.9. The van der Waals surface area contributed by atoms with E-state index in [9.17, 15) is 9.59 Å². The van der Waals surface area contributed by atoms with Crippen LogP contribution in [0.5, 0.6) is 0 Å². The first-order valence-electron chi connectivity index (χ1n) is 10.0. The van der Waals surface area contributed by atoms with E-state index < -0.39 is 5.41 Å². The van der Waals surface area contributed by atoms with Gasteiger partial charge in [-0.15, -0.1) is 0 Å². The zero-order valence-corrected chi connectivity index (χ0v) is 16.6. The molecule has 27 heavy (non-hydrogen) atoms. The lowest BCUT2D eigenvalue weighted by molar-refractivity contribution is -0.166. The van der Waals surface area contributed by atoms with Gasteiger partial charge in [-0.1, -0.05) is 6.92 Å². The Balaban J connectivity index is 1.46. The summed E-state index contributed by atoms with van der Waals surface area (Å²) in [7, 11) is 1.59. The summed E-state index contributed by atoms with van der Waals surface area (Å²) in [6.45, 7) is 5.14. The largest absolute Gasteiger partial charge is 0.465 e. The molecule has 1 aliphatic carbocycles. The molecule has 6 atom stereocenters. The van der Waals surface area contributed by atoms with Gasteiger partial charge in [-0.25, -0.2) is 0 Å². The Morgan fingerprint density at radius 2 is 1.78 bits per heavy atom. The molecule has 0 aromatic rings. The molecule has 0 radical (unpaired) electrons. The van der Waals surface area contributed by atoms with E-state index in [1.165, 1.54) is 0 Å². The molecule has 2 saturated heterocycles. The van der Waals surface area contributed by atoms with E-state index in [2.05, 4.69) is 0 Å². The molecule has 3 aliphatic rings. The smallest absolute Gasteiger partial charge is 0.311 e. The van der Waals surface area contributed by atoms with Gasteiger partial charge in [-0.3, -0.25) is 9.59 Å². The van der Waals surface area contributed by atoms with Crippen molar-refractivity contribution in [2.75, 3.05) is 33.5 Å². The third-order valence-corrected chi connectivity index (χ3v) is 5.87. The second kappa shape index (κ2) is 8.88. The van der Waals surface area contributed by atoms with Crippen LogP contribution in [0.1, 0.15) is 46.0 Å². The number of rotatable bonds is 8. The first-order valence-corrected chi connectivity index (χ1v) is 10.0. The molecule has 0 aromatic heterocycles. The van der Waals surface area contributed by atoms with E-state index in [0.29, 0.717) is 19.3 Å². The molecule has 6 unspecified atom stereocenters. The molecule has 1 saturated carbocycles. The van der Waals surface area contributed by atoms with Gasteiger partial charge in [0.05, 0.1) is 42.2 Å². The SMILES string of the molecule is COCC(C)(COC(=O)C1CCC2OC2C1)COC(=O)C1CCCOC1C. The van der Waals surface area contributed by atoms with Gasteiger partial charge in [0.2, 0.25) is 0 Å². The van der Waals surface area contributed by atoms with Gasteiger partial charge in [-0.2, -0.15) is 0 Å². The van der Waals surface area contributed by atoms with E-state index in [0.717, 1.165) is 32.1 Å². The molecule has 0 N–H and O–H groups in total. The highest BCUT2D eigenvalue weighted by molar-refractivity contribution is 5.73. The number of ether oxygens (including phenoxy) is 5. The quantitative estimate of drug-likeness (QED) is 0.468. The Kier molecular flexibility index (Phi) is 6.76. The lowest BCUT2D eigenvalue weighted by Gasteiger charge is -2.31. The van der Waals surface area contributed by atoms with Crippen LogP contribution >= 0.6 is 0 Å². The Bertz CT molecular complexity index is 536. The maximum atomic E-state index is 12.4. The minimum atomic E-state index is -0.577. The minimum absolute atomic E-state index is 0.0941. The van der Waals surface area contributed by atoms with Crippen LogP contribution < -0.4 is 0 Å². The number of methoxy groups -OCH3 is 1. The van der Waals surface area contributed by atoms with Crippen molar-refractivity contribution >= 4 is 11.9 Å². The highest BCUT2D eigenvalue weighted by atomic mass is 16.6. The standard InChI is InChI=1S/C20H32O7/c1-13-15(5-4-8-24-13)19(22)26-12-20(2,10-23-3)11-25-18(21)14-6-7-16-17(9-14)27-16/h13-17H,4-12H2,1-3H3. The molecule has 7 nitrogen and oxygen atoms in total. The number of fused-ring (bicyclic) bond motifs is 1. The molecule has 0 bridgehead atoms. The van der Waals surface area contributed by atoms with Crippen LogP contribution in [0.4, 0.5) is 0 Å². The zero-order chi connectivity index (χ0) is 19.4. The molecule has 0 spiro atoms. The lowest BCUT2D eigenvalue weighted by atomic mass is 9.89. The number of hydrogen-bond donors (Lipinski definition) is 0. The average Bonchev–Trinajstić information content (AvgIpc) is 3.44. The summed E-state index contributed by atoms with van der Waals surface area (Å²) in [6.07, 6.45) is 4.61. The van der Waals surface area contributed by atoms with Crippen molar-refractivity contribution in [3.63, 3.8) is 0 Å². The van der Waals surface area contributed by atoms with Crippen molar-refractivity contribution in [3.8, 4) is 0 Å². The van der Waals surface area contributed by atoms with Crippen molar-refractivity contribution in [1.82, 2.24) is 0 Å². The van der Waals surface area contributed by atoms with Gasteiger partial charge in [0, 0.05) is 13.7 Å². The van der Waals surface area contributed by atoms with Crippen molar-refractivity contribution in [3.05, 3.63) is 0 Å². The number of carbonyl (C=O) groups is 2. The maximum absolute atomic E-state index is 12.4. The Morgan fingerprint density at radius 1 is 1.04 bits per heavy atom. The predicted octanol–water partition coefficient (Wildman–Crippen LogP) is 2.11. The van der Waals surface area contributed by atoms with Crippen LogP contribution in [-0.2, 0) is 33.3 Å². The summed E-state index contributed by atoms with van der Waals surface area (Å²) in [5.74, 6) is -0.767. The summed E-state index contributed by atoms with van der Waals surface area (Å²) < 4.78 is 27.4. The average molecular weight is 384 g/mol. The second-order valence-corrected chi connectivity index (χ2v) is 8.51. The number of carbonyl (C=O) groups excluding carboxylic acids is 2. The van der Waals surface area contributed by atoms with E-state index in [1.807, 2.05) is 13.8 Å². The van der Waals surface area contributed by atoms with Gasteiger partial charge in [0.1, 0.15) is 13.2 Å². The third-order valence-electron chi connectivity index (χ3n) is 5.87. The first kappa shape index (κ1) is 20.6. The topological polar surface area (TPSA) is 83.6 Å². The van der Waals surface area contributed by atoms with Crippen LogP contribution in [0.3, 0.4) is 0 Å². The molecule has 2 heterocycles. The maximum Gasteiger partial charge on any atom is 0.311 e. The van der Waals surface area contributed by atoms with Gasteiger partial charge < -0.3 is 23.7 Å². The molecule has 0 amide bonds. The molecule has 154 valence electrons. The van der Waals surface area contributed by atoms with Crippen molar-refractivity contribution in [2.45, 2.75) is 64.3 Å². The van der Waals surface area contributed by atoms with Gasteiger partial charge in [0.15, 0.2) is 0 Å². The fraction of sp³-hybridized carbons (Fsp3) is 0.900. The minimum Gasteiger partial charge on any atom is -0.465 e. The number of esters is 2. The number of hydrogen-bond acceptors (Lipinski definition) is 7. The summed E-state index contributed by atoms with van der Waals surface area (Å²) >= 11 is 0. The van der Waals surface area contributed by atoms with E-state index in [1.54, 1.807) is 7.11 Å². The first-order chi connectivity index (χ1) is 12.9. The molecule has 3 fully saturated rings. The van der Waals surface area contributed by atoms with Crippen LogP contribution in [0, 0.1) is 17.3 Å². The fourth-order valence-electron chi connectivity index (χ4n) is 4.04. The van der Waals surface area contributed by atoms with Crippen molar-refractivity contribution in [1.29, 1.82) is 0 Å². The van der Waals surface area contributed by atoms with Gasteiger partial charge in [0.25, 0.3) is 0 Å². The summed E-state index contributed by atoms with van der Waals surface area (Å²) in [5, 5.41) is 0. The molecular formula is C20H32O7. The van der Waals surface area contributed by atoms with Crippen LogP contribution in [0.15, 0.2) is 0 Å². The van der Waals surface area contributed by atoms with E-state index >= 15 is 0 Å². The highest BCUT2D eigenvalue weighted by Crippen LogP contribution is 2.40. The predicted molar refractivity (Wildman–Crippen MR) is 96.0 cm³/mol. The van der Waals surface area contributed by atoms with E-state index in [4.69, 9.17) is 23.7 Å². The van der Waals surface area contributed by atoms with Gasteiger partial charge >= 0.3 is 11.9 Å². The summed E-state index contributed by atoms with van der Waals surface area (Å²) in [4.78, 5) is 24.8. The highest BCUT2D eigenvalue weighted by Gasteiger charge is 2.46. The van der Waals surface area contributed by atoms with Crippen LogP contribution in [0.25, 0.3) is 0 Å². The second-order valence-electron chi connectivity index (χ2n) is 8.51. The van der Waals surface area contributed by atoms with Crippen molar-refractivity contribution in [2.24, 2.45) is 17.3 Å². The van der Waals surface area contributed by atoms with Crippen LogP contribution in [-0.4, -0.2) is 63.8 Å². The Hall–Kier alpha value is -1.18. The molecule has 2 aliphatic heterocycles. The Labute approximate surface area is 161 Å². The molecular weight excluding hydrogens is 352 g/mol. The van der Waals surface area contributed by atoms with Gasteiger partial charge in [-0.05, 0) is 39.0 Å². The molecule has 0 aromatic carbocycles.